The molecule has 0 aromatic heterocycles. The van der Waals surface area contributed by atoms with Crippen LogP contribution in [0.3, 0.4) is 0 Å². The number of esters is 1. The summed E-state index contributed by atoms with van der Waals surface area (Å²) in [7, 11) is 0. The predicted molar refractivity (Wildman–Crippen MR) is 585 cm³/mol. The molecule has 6 aromatic rings. The van der Waals surface area contributed by atoms with Crippen molar-refractivity contribution >= 4 is 58.0 Å². The van der Waals surface area contributed by atoms with Gasteiger partial charge in [0.15, 0.2) is 28.9 Å². The van der Waals surface area contributed by atoms with Gasteiger partial charge >= 0.3 is 5.97 Å². The lowest BCUT2D eigenvalue weighted by Gasteiger charge is -2.06. The normalized spacial score (nSPS) is 10.8. The van der Waals surface area contributed by atoms with E-state index in [0.717, 1.165) is 32.1 Å². The van der Waals surface area contributed by atoms with Gasteiger partial charge in [0.25, 0.3) is 0 Å². The maximum Gasteiger partial charge on any atom is 0.319 e. The first-order valence-corrected chi connectivity index (χ1v) is 56.6. The maximum atomic E-state index is 12.3. The summed E-state index contributed by atoms with van der Waals surface area (Å²) in [5.41, 5.74) is 9.58. The minimum Gasteiger partial charge on any atom is -0.426 e. The zero-order valence-electron chi connectivity index (χ0n) is 89.3. The molecule has 6 aromatic carbocycles. The average Bonchev–Trinajstić information content (AvgIpc) is 0.718. The Hall–Kier alpha value is -8.18. The second-order valence-electron chi connectivity index (χ2n) is 40.0. The van der Waals surface area contributed by atoms with Gasteiger partial charge in [0.1, 0.15) is 35.3 Å². The molecule has 0 amide bonds. The highest BCUT2D eigenvalue weighted by atomic mass is 16.5. The number of ether oxygens (including phenoxy) is 1. The Morgan fingerprint density at radius 3 is 0.449 bits per heavy atom. The van der Waals surface area contributed by atoms with Crippen molar-refractivity contribution < 1.29 is 52.7 Å². The van der Waals surface area contributed by atoms with Crippen LogP contribution in [0.15, 0.2) is 152 Å². The number of aryl methyl sites for hydroxylation is 5. The molecule has 0 fully saturated rings. The quantitative estimate of drug-likeness (QED) is 0.0117. The van der Waals surface area contributed by atoms with E-state index in [2.05, 4.69) is 34.6 Å². The molecule has 0 radical (unpaired) electrons. The third-order valence-electron chi connectivity index (χ3n) is 26.4. The molecule has 0 aliphatic carbocycles. The number of benzene rings is 6. The van der Waals surface area contributed by atoms with Crippen LogP contribution >= 0.6 is 0 Å². The Bertz CT molecular complexity index is 3900. The largest absolute Gasteiger partial charge is 0.426 e. The number of para-hydroxylation sites is 1. The Labute approximate surface area is 843 Å². The van der Waals surface area contributed by atoms with Gasteiger partial charge in [-0.05, 0) is 132 Å². The fourth-order valence-electron chi connectivity index (χ4n) is 17.7. The summed E-state index contributed by atoms with van der Waals surface area (Å²) >= 11 is 0. The number of rotatable bonds is 83. The third-order valence-corrected chi connectivity index (χ3v) is 26.4. The molecule has 0 saturated heterocycles. The topological polar surface area (TPSA) is 180 Å². The van der Waals surface area contributed by atoms with Gasteiger partial charge in [0.2, 0.25) is 0 Å². The van der Waals surface area contributed by atoms with Crippen LogP contribution in [0.25, 0.3) is 0 Å². The fourth-order valence-corrected chi connectivity index (χ4v) is 17.7. The van der Waals surface area contributed by atoms with E-state index in [1.165, 1.54) is 454 Å². The Morgan fingerprint density at radius 2 is 0.304 bits per heavy atom. The molecule has 6 rings (SSSR count). The number of unbranched alkanes of at least 4 members (excludes halogenated alkanes) is 57. The lowest BCUT2D eigenvalue weighted by atomic mass is 10.0. The molecule has 0 spiro atoms. The van der Waals surface area contributed by atoms with Crippen LogP contribution in [0, 0.1) is 0 Å². The molecule has 0 saturated carbocycles. The number of hydrogen-bond acceptors (Lipinski definition) is 11. The fraction of sp³-hybridized carbons (Fsp3) is 0.638. The number of hydrogen-bond donors (Lipinski definition) is 0. The zero-order valence-corrected chi connectivity index (χ0v) is 89.3. The summed E-state index contributed by atoms with van der Waals surface area (Å²) in [5.74, 6) is -0.862. The van der Waals surface area contributed by atoms with Crippen LogP contribution in [-0.4, -0.2) is 58.0 Å². The molecular formula is C127H196O11. The minimum absolute atomic E-state index is 0.0117. The summed E-state index contributed by atoms with van der Waals surface area (Å²) in [6, 6.07) is 47.7. The van der Waals surface area contributed by atoms with Crippen LogP contribution in [-0.2, 0) is 56.1 Å². The van der Waals surface area contributed by atoms with E-state index in [-0.39, 0.29) is 84.2 Å². The molecule has 0 bridgehead atoms. The van der Waals surface area contributed by atoms with Crippen LogP contribution < -0.4 is 4.74 Å². The number of Topliss-reactive ketones (excluding diaryl/α,β-unsaturated/α-hetero) is 9. The lowest BCUT2D eigenvalue weighted by molar-refractivity contribution is -0.133. The molecule has 11 heteroatoms. The van der Waals surface area contributed by atoms with Gasteiger partial charge in [0.05, 0.1) is 25.7 Å². The van der Waals surface area contributed by atoms with E-state index in [0.29, 0.717) is 33.6 Å². The zero-order chi connectivity index (χ0) is 100. The highest BCUT2D eigenvalue weighted by molar-refractivity contribution is 6.09. The maximum absolute atomic E-state index is 12.3. The molecular weight excluding hydrogens is 1700 g/mol. The SMILES string of the molecule is CCCCCCCCCCCCCCCCc1ccc(C(=O)CC(C)=O)cc1.CCCCCCCCCCCCCCCCc1ccc(C(=O)CC(C)=O)cc1.CCCCCCCCCCCCCCc1ccc(C(=O)CC(=O)Oc2ccccc2)cc1.CCCCCCCCCCCCCCc1ccc(C(=O)CC(C)=O)cc1.CCCCCCCCCCCCc1ccc(C(=O)CC(C)=O)cc1. The molecule has 11 nitrogen and oxygen atoms in total. The minimum atomic E-state index is -0.526. The van der Waals surface area contributed by atoms with Crippen molar-refractivity contribution in [3.63, 3.8) is 0 Å². The van der Waals surface area contributed by atoms with Crippen LogP contribution in [0.2, 0.25) is 0 Å². The monoisotopic (exact) mass is 1900 g/mol. The Balaban J connectivity index is 0.000000585. The second-order valence-corrected chi connectivity index (χ2v) is 40.0. The highest BCUT2D eigenvalue weighted by Crippen LogP contribution is 2.24. The predicted octanol–water partition coefficient (Wildman–Crippen LogP) is 37.3. The summed E-state index contributed by atoms with van der Waals surface area (Å²) in [6.07, 6.45) is 90.1. The van der Waals surface area contributed by atoms with Gasteiger partial charge in [-0.25, -0.2) is 0 Å². The van der Waals surface area contributed by atoms with E-state index >= 15 is 0 Å². The van der Waals surface area contributed by atoms with Gasteiger partial charge < -0.3 is 4.74 Å². The average molecular weight is 1900 g/mol. The Morgan fingerprint density at radius 1 is 0.167 bits per heavy atom. The number of ketones is 9. The smallest absolute Gasteiger partial charge is 0.319 e. The summed E-state index contributed by atoms with van der Waals surface area (Å²) in [6.45, 7) is 17.2. The van der Waals surface area contributed by atoms with Crippen molar-refractivity contribution in [2.24, 2.45) is 0 Å². The molecule has 770 valence electrons. The Kier molecular flexibility index (Phi) is 82.2. The van der Waals surface area contributed by atoms with Crippen molar-refractivity contribution in [1.29, 1.82) is 0 Å². The van der Waals surface area contributed by atoms with Gasteiger partial charge in [-0.15, -0.1) is 0 Å². The van der Waals surface area contributed by atoms with Gasteiger partial charge in [-0.2, -0.15) is 0 Å². The second kappa shape index (κ2) is 90.1. The van der Waals surface area contributed by atoms with E-state index in [4.69, 9.17) is 4.74 Å². The van der Waals surface area contributed by atoms with E-state index in [1.54, 1.807) is 24.3 Å². The first-order valence-electron chi connectivity index (χ1n) is 56.6. The van der Waals surface area contributed by atoms with Crippen molar-refractivity contribution in [2.45, 2.75) is 525 Å². The molecule has 0 aliphatic heterocycles. The van der Waals surface area contributed by atoms with Crippen LogP contribution in [0.1, 0.15) is 572 Å². The molecule has 0 unspecified atom stereocenters. The van der Waals surface area contributed by atoms with Gasteiger partial charge in [-0.1, -0.05) is 540 Å². The van der Waals surface area contributed by atoms with Crippen LogP contribution in [0.5, 0.6) is 5.75 Å². The summed E-state index contributed by atoms with van der Waals surface area (Å²) in [4.78, 5) is 116. The molecule has 0 atom stereocenters. The van der Waals surface area contributed by atoms with Gasteiger partial charge in [0, 0.05) is 27.8 Å². The van der Waals surface area contributed by atoms with Crippen LogP contribution in [0.4, 0.5) is 0 Å². The standard InChI is InChI=1S/C29H40O3.2C26H42O2.C24H38O2.C22H34O2/c1-2-3-4-5-6-7-8-9-10-11-12-14-17-25-20-22-26(23-21-25)28(30)24-29(31)32-27-18-15-13-16-19-27;2*1-3-4-5-6-7-8-9-10-11-12-13-14-15-16-17-24-18-20-25(21-19-24)26(28)22-23(2)27;1-3-4-5-6-7-8-9-10-11-12-13-14-15-22-16-18-23(19-17-22)24(26)20-21(2)25;1-3-4-5-6-7-8-9-10-11-12-13-20-14-16-21(17-15-20)22(24)18-19(2)23/h13,15-16,18-23H,2-12,14,17,24H2,1H3;2*18-21H,3-17,22H2,1-2H3;16-19H,3-15,20H2,1-2H3;14-17H,3-13,18H2,1-2H3. The highest BCUT2D eigenvalue weighted by Gasteiger charge is 2.17. The van der Waals surface area contributed by atoms with Gasteiger partial charge in [-0.3, -0.25) is 47.9 Å². The third kappa shape index (κ3) is 74.8. The van der Waals surface area contributed by atoms with Crippen molar-refractivity contribution in [3.05, 3.63) is 207 Å². The van der Waals surface area contributed by atoms with E-state index < -0.39 is 5.97 Å². The number of carbonyl (C=O) groups is 10. The first-order chi connectivity index (χ1) is 67.2. The van der Waals surface area contributed by atoms with Crippen molar-refractivity contribution in [3.8, 4) is 5.75 Å². The molecule has 0 heterocycles. The lowest BCUT2D eigenvalue weighted by Crippen LogP contribution is -2.14. The molecule has 138 heavy (non-hydrogen) atoms. The summed E-state index contributed by atoms with van der Waals surface area (Å²) in [5, 5.41) is 0. The van der Waals surface area contributed by atoms with E-state index in [1.807, 2.05) is 127 Å². The van der Waals surface area contributed by atoms with E-state index in [9.17, 15) is 47.9 Å². The molecule has 0 N–H and O–H groups in total. The van der Waals surface area contributed by atoms with Crippen molar-refractivity contribution in [2.75, 3.05) is 0 Å². The first kappa shape index (κ1) is 126. The van der Waals surface area contributed by atoms with Crippen molar-refractivity contribution in [1.82, 2.24) is 0 Å². The molecule has 0 aliphatic rings. The number of carbonyl (C=O) groups excluding carboxylic acids is 10. The summed E-state index contributed by atoms with van der Waals surface area (Å²) < 4.78 is 5.20.